The van der Waals surface area contributed by atoms with Crippen LogP contribution in [0.3, 0.4) is 0 Å². The van der Waals surface area contributed by atoms with Gasteiger partial charge in [-0.1, -0.05) is 23.7 Å². The second kappa shape index (κ2) is 6.47. The van der Waals surface area contributed by atoms with Crippen LogP contribution in [-0.4, -0.2) is 47.8 Å². The number of benzene rings is 1. The lowest BCUT2D eigenvalue weighted by molar-refractivity contribution is 0.122. The molecule has 0 bridgehead atoms. The lowest BCUT2D eigenvalue weighted by atomic mass is 10.1. The largest absolute Gasteiger partial charge is 0.394 e. The second-order valence-corrected chi connectivity index (χ2v) is 5.37. The molecule has 0 spiro atoms. The third-order valence-electron chi connectivity index (χ3n) is 3.59. The van der Waals surface area contributed by atoms with Crippen LogP contribution in [0.15, 0.2) is 30.5 Å². The number of aliphatic hydroxyl groups excluding tert-OH is 1. The van der Waals surface area contributed by atoms with Gasteiger partial charge in [0.25, 0.3) is 0 Å². The number of anilines is 1. The molecule has 2 heterocycles. The normalized spacial score (nSPS) is 15.4. The van der Waals surface area contributed by atoms with E-state index in [0.717, 1.165) is 35.1 Å². The number of nitrogens with zero attached hydrogens (tertiary/aromatic N) is 3. The van der Waals surface area contributed by atoms with Gasteiger partial charge in [0.2, 0.25) is 0 Å². The van der Waals surface area contributed by atoms with Crippen molar-refractivity contribution in [2.24, 2.45) is 0 Å². The summed E-state index contributed by atoms with van der Waals surface area (Å²) in [6.07, 6.45) is 1.85. The molecule has 6 heteroatoms. The Labute approximate surface area is 128 Å². The summed E-state index contributed by atoms with van der Waals surface area (Å²) >= 11 is 5.96. The van der Waals surface area contributed by atoms with E-state index in [1.165, 1.54) is 0 Å². The smallest absolute Gasteiger partial charge is 0.135 e. The van der Waals surface area contributed by atoms with E-state index in [2.05, 4.69) is 10.00 Å². The highest BCUT2D eigenvalue weighted by atomic mass is 35.5. The van der Waals surface area contributed by atoms with E-state index in [9.17, 15) is 5.11 Å². The molecule has 1 aliphatic rings. The molecule has 5 nitrogen and oxygen atoms in total. The Kier molecular flexibility index (Phi) is 4.43. The first kappa shape index (κ1) is 14.4. The van der Waals surface area contributed by atoms with Gasteiger partial charge >= 0.3 is 0 Å². The van der Waals surface area contributed by atoms with E-state index >= 15 is 0 Å². The van der Waals surface area contributed by atoms with Gasteiger partial charge < -0.3 is 14.7 Å². The van der Waals surface area contributed by atoms with Crippen molar-refractivity contribution in [1.29, 1.82) is 0 Å². The summed E-state index contributed by atoms with van der Waals surface area (Å²) in [5, 5.41) is 14.4. The molecule has 0 saturated carbocycles. The fraction of sp³-hybridized carbons (Fsp3) is 0.400. The van der Waals surface area contributed by atoms with Gasteiger partial charge in [-0.3, -0.25) is 0 Å². The number of hydrogen-bond donors (Lipinski definition) is 1. The molecule has 0 radical (unpaired) electrons. The first-order valence-electron chi connectivity index (χ1n) is 7.05. The van der Waals surface area contributed by atoms with Crippen LogP contribution < -0.4 is 4.90 Å². The molecule has 1 aliphatic heterocycles. The number of ether oxygens (including phenoxy) is 1. The van der Waals surface area contributed by atoms with Gasteiger partial charge in [-0.2, -0.15) is 5.10 Å². The molecule has 0 unspecified atom stereocenters. The summed E-state index contributed by atoms with van der Waals surface area (Å²) in [7, 11) is 0. The van der Waals surface area contributed by atoms with E-state index in [4.69, 9.17) is 16.3 Å². The Bertz CT molecular complexity index is 591. The molecular formula is C15H18ClN3O2. The third-order valence-corrected chi connectivity index (χ3v) is 3.84. The predicted molar refractivity (Wildman–Crippen MR) is 82.8 cm³/mol. The maximum Gasteiger partial charge on any atom is 0.135 e. The SMILES string of the molecule is OCCn1ncc(-c2ccc(Cl)cc2)c1N1CCOCC1. The predicted octanol–water partition coefficient (Wildman–Crippen LogP) is 2.03. The van der Waals surface area contributed by atoms with Gasteiger partial charge in [0, 0.05) is 23.7 Å². The Morgan fingerprint density at radius 3 is 2.57 bits per heavy atom. The van der Waals surface area contributed by atoms with Gasteiger partial charge in [0.1, 0.15) is 5.82 Å². The van der Waals surface area contributed by atoms with Crippen molar-refractivity contribution < 1.29 is 9.84 Å². The molecule has 3 rings (SSSR count). The molecule has 21 heavy (non-hydrogen) atoms. The minimum absolute atomic E-state index is 0.0685. The molecule has 2 aromatic rings. The van der Waals surface area contributed by atoms with Crippen LogP contribution in [0.4, 0.5) is 5.82 Å². The van der Waals surface area contributed by atoms with Crippen molar-refractivity contribution in [3.63, 3.8) is 0 Å². The lowest BCUT2D eigenvalue weighted by Crippen LogP contribution is -2.38. The molecule has 1 aromatic heterocycles. The van der Waals surface area contributed by atoms with Crippen LogP contribution in [0.25, 0.3) is 11.1 Å². The number of rotatable bonds is 4. The molecule has 0 atom stereocenters. The van der Waals surface area contributed by atoms with E-state index in [-0.39, 0.29) is 6.61 Å². The quantitative estimate of drug-likeness (QED) is 0.939. The third kappa shape index (κ3) is 3.05. The van der Waals surface area contributed by atoms with Crippen LogP contribution in [0.2, 0.25) is 5.02 Å². The van der Waals surface area contributed by atoms with Gasteiger partial charge in [-0.25, -0.2) is 4.68 Å². The summed E-state index contributed by atoms with van der Waals surface area (Å²) in [4.78, 5) is 2.26. The molecule has 1 fully saturated rings. The highest BCUT2D eigenvalue weighted by molar-refractivity contribution is 6.30. The van der Waals surface area contributed by atoms with E-state index in [1.54, 1.807) is 0 Å². The fourth-order valence-electron chi connectivity index (χ4n) is 2.58. The number of morpholine rings is 1. The van der Waals surface area contributed by atoms with Crippen molar-refractivity contribution >= 4 is 17.4 Å². The maximum absolute atomic E-state index is 9.24. The minimum atomic E-state index is 0.0685. The molecule has 0 aliphatic carbocycles. The van der Waals surface area contributed by atoms with Crippen molar-refractivity contribution in [2.45, 2.75) is 6.54 Å². The number of halogens is 1. The number of hydrogen-bond acceptors (Lipinski definition) is 4. The summed E-state index contributed by atoms with van der Waals surface area (Å²) in [6, 6.07) is 7.74. The standard InChI is InChI=1S/C15H18ClN3O2/c16-13-3-1-12(2-4-13)14-11-17-19(5-8-20)15(14)18-6-9-21-10-7-18/h1-4,11,20H,5-10H2. The van der Waals surface area contributed by atoms with Gasteiger partial charge in [-0.05, 0) is 17.7 Å². The monoisotopic (exact) mass is 307 g/mol. The average Bonchev–Trinajstić information content (AvgIpc) is 2.93. The summed E-state index contributed by atoms with van der Waals surface area (Å²) in [6.45, 7) is 3.64. The van der Waals surface area contributed by atoms with Crippen LogP contribution in [0.5, 0.6) is 0 Å². The zero-order chi connectivity index (χ0) is 14.7. The lowest BCUT2D eigenvalue weighted by Gasteiger charge is -2.30. The number of aliphatic hydroxyl groups is 1. The highest BCUT2D eigenvalue weighted by Gasteiger charge is 2.20. The first-order valence-corrected chi connectivity index (χ1v) is 7.42. The minimum Gasteiger partial charge on any atom is -0.394 e. The molecule has 1 saturated heterocycles. The van der Waals surface area contributed by atoms with E-state index in [0.29, 0.717) is 19.8 Å². The van der Waals surface area contributed by atoms with Gasteiger partial charge in [0.05, 0.1) is 32.6 Å². The zero-order valence-corrected chi connectivity index (χ0v) is 12.5. The summed E-state index contributed by atoms with van der Waals surface area (Å²) in [5.74, 6) is 1.04. The summed E-state index contributed by atoms with van der Waals surface area (Å²) < 4.78 is 7.28. The average molecular weight is 308 g/mol. The first-order chi connectivity index (χ1) is 10.3. The molecule has 1 N–H and O–H groups in total. The molecule has 0 amide bonds. The molecule has 112 valence electrons. The zero-order valence-electron chi connectivity index (χ0n) is 11.7. The molecule has 1 aromatic carbocycles. The van der Waals surface area contributed by atoms with Crippen LogP contribution in [0, 0.1) is 0 Å². The Morgan fingerprint density at radius 2 is 1.90 bits per heavy atom. The maximum atomic E-state index is 9.24. The van der Waals surface area contributed by atoms with Crippen LogP contribution in [-0.2, 0) is 11.3 Å². The van der Waals surface area contributed by atoms with Gasteiger partial charge in [0.15, 0.2) is 0 Å². The van der Waals surface area contributed by atoms with Crippen LogP contribution in [0.1, 0.15) is 0 Å². The number of aromatic nitrogens is 2. The topological polar surface area (TPSA) is 50.5 Å². The Hall–Kier alpha value is -1.56. The van der Waals surface area contributed by atoms with Crippen molar-refractivity contribution in [2.75, 3.05) is 37.8 Å². The Morgan fingerprint density at radius 1 is 1.19 bits per heavy atom. The van der Waals surface area contributed by atoms with Gasteiger partial charge in [-0.15, -0.1) is 0 Å². The van der Waals surface area contributed by atoms with Crippen molar-refractivity contribution in [3.8, 4) is 11.1 Å². The highest BCUT2D eigenvalue weighted by Crippen LogP contribution is 2.32. The second-order valence-electron chi connectivity index (χ2n) is 4.93. The van der Waals surface area contributed by atoms with E-state index < -0.39 is 0 Å². The van der Waals surface area contributed by atoms with E-state index in [1.807, 2.05) is 35.1 Å². The fourth-order valence-corrected chi connectivity index (χ4v) is 2.71. The van der Waals surface area contributed by atoms with Crippen molar-refractivity contribution in [3.05, 3.63) is 35.5 Å². The van der Waals surface area contributed by atoms with Crippen molar-refractivity contribution in [1.82, 2.24) is 9.78 Å². The Balaban J connectivity index is 2.01. The molecular weight excluding hydrogens is 290 g/mol. The van der Waals surface area contributed by atoms with Crippen LogP contribution >= 0.6 is 11.6 Å². The summed E-state index contributed by atoms with van der Waals surface area (Å²) in [5.41, 5.74) is 2.13.